The topological polar surface area (TPSA) is 223 Å². The first kappa shape index (κ1) is 66.8. The van der Waals surface area contributed by atoms with Gasteiger partial charge in [0.25, 0.3) is 0 Å². The van der Waals surface area contributed by atoms with Crippen molar-refractivity contribution in [1.29, 1.82) is 0 Å². The summed E-state index contributed by atoms with van der Waals surface area (Å²) in [5.41, 5.74) is 9.77. The fourth-order valence-corrected chi connectivity index (χ4v) is 48.1. The fourth-order valence-electron chi connectivity index (χ4n) is 8.45. The van der Waals surface area contributed by atoms with Gasteiger partial charge in [-0.15, -0.1) is 0 Å². The maximum absolute atomic E-state index is 4.78. The summed E-state index contributed by atoms with van der Waals surface area (Å²) in [5, 5.41) is 11.4. The van der Waals surface area contributed by atoms with Gasteiger partial charge in [-0.3, -0.25) is 49.8 Å². The van der Waals surface area contributed by atoms with Gasteiger partial charge in [-0.05, 0) is 60.7 Å². The van der Waals surface area contributed by atoms with E-state index in [1.54, 1.807) is 70.3 Å². The molecule has 408 valence electrons. The Balaban J connectivity index is 0.000000180. The van der Waals surface area contributed by atoms with Crippen LogP contribution in [0, 0.1) is 0 Å². The molecule has 82 heavy (non-hydrogen) atoms. The molecule has 0 aliphatic carbocycles. The van der Waals surface area contributed by atoms with Crippen molar-refractivity contribution in [3.63, 3.8) is 0 Å². The van der Waals surface area contributed by atoms with Gasteiger partial charge in [0.1, 0.15) is 0 Å². The zero-order valence-electron chi connectivity index (χ0n) is 42.8. The summed E-state index contributed by atoms with van der Waals surface area (Å²) in [6, 6.07) is 60.7. The number of nitrogens with zero attached hydrogens (tertiary/aromatic N) is 10. The van der Waals surface area contributed by atoms with Crippen molar-refractivity contribution in [3.8, 4) is 0 Å². The minimum absolute atomic E-state index is 0. The Labute approximate surface area is 522 Å². The predicted octanol–water partition coefficient (Wildman–Crippen LogP) is 11.3. The van der Waals surface area contributed by atoms with Crippen LogP contribution in [0.2, 0.25) is 0 Å². The van der Waals surface area contributed by atoms with Crippen molar-refractivity contribution < 1.29 is 50.6 Å². The largest absolute Gasteiger partial charge is 0.254 e. The van der Waals surface area contributed by atoms with Crippen LogP contribution in [0.15, 0.2) is 244 Å². The number of aromatic nitrogens is 10. The maximum atomic E-state index is 4.78. The van der Waals surface area contributed by atoms with Gasteiger partial charge in [0.15, 0.2) is 0 Å². The molecule has 10 aromatic heterocycles. The van der Waals surface area contributed by atoms with Crippen LogP contribution in [0.4, 0.5) is 0 Å². The molecule has 0 unspecified atom stereocenters. The van der Waals surface area contributed by atoms with Gasteiger partial charge in [0.2, 0.25) is 0 Å². The van der Waals surface area contributed by atoms with Gasteiger partial charge in [0.05, 0.1) is 55.2 Å². The number of hydrogen-bond donors (Lipinski definition) is 0. The van der Waals surface area contributed by atoms with E-state index in [-0.39, 0.29) is 50.6 Å². The van der Waals surface area contributed by atoms with Gasteiger partial charge >= 0.3 is 108 Å². The second-order valence-electron chi connectivity index (χ2n) is 16.6. The van der Waals surface area contributed by atoms with E-state index in [1.165, 1.54) is 0 Å². The van der Waals surface area contributed by atoms with Crippen LogP contribution in [0.1, 0.15) is 0 Å². The molecule has 0 atom stereocenters. The molecule has 0 spiro atoms. The summed E-state index contributed by atoms with van der Waals surface area (Å²) in [6.45, 7) is 0. The zero-order chi connectivity index (χ0) is 52.8. The first-order chi connectivity index (χ1) is 37.9. The smallest absolute Gasteiger partial charge is 0.0964 e. The van der Waals surface area contributed by atoms with Crippen LogP contribution in [0.3, 0.4) is 0 Å². The number of pyridine rings is 10. The third-order valence-corrected chi connectivity index (χ3v) is 44.1. The standard InChI is InChI=1S/5C12H8N2.As2S5.2Mn.3H2O/c5*1-3-9-5-6-10-4-2-8-14-12(10)11(9)13-7-1;3-1(4)7-2(5)6;;;;;/h5*1-8H;;;;3*1H2/q;;;;;-4;2*+2;;;. The molecule has 0 bridgehead atoms. The SMILES string of the molecule is O.O.O.[Mn+2].[Mn+2].[S-][As]([S-])S[As]([S-])[S-].c1cnc2c(c1)ccc1cccnc12.c1cnc2c(c1)ccc1cccnc12.c1cnc2c(c1)ccc1cccnc12.c1cnc2c(c1)ccc1cccnc12.c1cnc2c(c1)ccc1cccnc12. The van der Waals surface area contributed by atoms with Crippen LogP contribution < -0.4 is 0 Å². The van der Waals surface area contributed by atoms with E-state index >= 15 is 0 Å². The summed E-state index contributed by atoms with van der Waals surface area (Å²) >= 11 is -2.69. The molecule has 0 amide bonds. The summed E-state index contributed by atoms with van der Waals surface area (Å²) in [7, 11) is 20.7. The van der Waals surface area contributed by atoms with Crippen molar-refractivity contribution in [2.75, 3.05) is 0 Å². The second-order valence-corrected chi connectivity index (χ2v) is 43.6. The first-order valence-corrected chi connectivity index (χ1v) is 39.8. The van der Waals surface area contributed by atoms with Crippen LogP contribution in [-0.4, -0.2) is 88.6 Å². The average molecular weight is 1380 g/mol. The van der Waals surface area contributed by atoms with Gasteiger partial charge in [-0.25, -0.2) is 0 Å². The Morgan fingerprint density at radius 3 is 0.402 bits per heavy atom. The minimum atomic E-state index is -1.34. The third kappa shape index (κ3) is 16.8. The molecule has 13 nitrogen and oxygen atoms in total. The summed E-state index contributed by atoms with van der Waals surface area (Å²) in [5.74, 6) is 0. The maximum Gasteiger partial charge on any atom is 0.0964 e. The molecule has 0 saturated heterocycles. The van der Waals surface area contributed by atoms with Crippen LogP contribution >= 0.6 is 8.29 Å². The molecule has 0 fully saturated rings. The fraction of sp³-hybridized carbons (Fsp3) is 0. The molecule has 10 heterocycles. The normalized spacial score (nSPS) is 10.2. The van der Waals surface area contributed by atoms with Crippen LogP contribution in [0.25, 0.3) is 109 Å². The monoisotopic (exact) mass is 1370 g/mol. The van der Waals surface area contributed by atoms with E-state index in [1.807, 2.05) is 60.7 Å². The Bertz CT molecular complexity index is 3580. The van der Waals surface area contributed by atoms with E-state index in [2.05, 4.69) is 171 Å². The minimum Gasteiger partial charge on any atom is -0.254 e. The van der Waals surface area contributed by atoms with Crippen molar-refractivity contribution in [3.05, 3.63) is 244 Å². The van der Waals surface area contributed by atoms with Crippen LogP contribution in [-0.2, 0) is 77.7 Å². The summed E-state index contributed by atoms with van der Waals surface area (Å²) < 4.78 is 0. The van der Waals surface area contributed by atoms with Gasteiger partial charge in [-0.2, -0.15) is 0 Å². The Morgan fingerprint density at radius 2 is 0.317 bits per heavy atom. The molecule has 0 saturated carbocycles. The first-order valence-electron chi connectivity index (χ1n) is 23.8. The molecule has 6 N–H and O–H groups in total. The predicted molar refractivity (Wildman–Crippen MR) is 345 cm³/mol. The zero-order valence-corrected chi connectivity index (χ0v) is 53.0. The van der Waals surface area contributed by atoms with Crippen molar-refractivity contribution in [2.45, 2.75) is 0 Å². The van der Waals surface area contributed by atoms with E-state index in [9.17, 15) is 0 Å². The van der Waals surface area contributed by atoms with Gasteiger partial charge in [-0.1, -0.05) is 121 Å². The van der Waals surface area contributed by atoms with E-state index in [4.69, 9.17) is 43.6 Å². The molecule has 22 heteroatoms. The molecule has 15 aromatic rings. The second kappa shape index (κ2) is 33.3. The quantitative estimate of drug-likeness (QED) is 0.0891. The molecule has 2 radical (unpaired) electrons. The van der Waals surface area contributed by atoms with E-state index in [0.717, 1.165) is 109 Å². The molecule has 5 aromatic carbocycles. The summed E-state index contributed by atoms with van der Waals surface area (Å²) in [6.07, 6.45) is 18.0. The Morgan fingerprint density at radius 1 is 0.207 bits per heavy atom. The van der Waals surface area contributed by atoms with Crippen molar-refractivity contribution >= 4 is 183 Å². The van der Waals surface area contributed by atoms with Crippen LogP contribution in [0.5, 0.6) is 0 Å². The Kier molecular flexibility index (Phi) is 27.1. The number of hydrogen-bond acceptors (Lipinski definition) is 15. The summed E-state index contributed by atoms with van der Waals surface area (Å²) in [4.78, 5) is 43.5. The number of rotatable bonds is 2. The van der Waals surface area contributed by atoms with E-state index < -0.39 is 22.4 Å². The number of fused-ring (bicyclic) bond motifs is 15. The van der Waals surface area contributed by atoms with Gasteiger partial charge in [0, 0.05) is 116 Å². The Hall–Kier alpha value is -6.01. The average Bonchev–Trinajstić information content (AvgIpc) is 3.61. The van der Waals surface area contributed by atoms with Crippen molar-refractivity contribution in [2.24, 2.45) is 0 Å². The molecule has 0 aliphatic rings. The molecular formula is C60H46As2Mn2N10O3S5. The van der Waals surface area contributed by atoms with E-state index in [0.29, 0.717) is 0 Å². The molecular weight excluding hydrogens is 1330 g/mol. The third-order valence-electron chi connectivity index (χ3n) is 11.9. The molecule has 0 aliphatic heterocycles. The molecule has 15 rings (SSSR count). The van der Waals surface area contributed by atoms with Gasteiger partial charge < -0.3 is 16.4 Å². The van der Waals surface area contributed by atoms with Crippen molar-refractivity contribution in [1.82, 2.24) is 49.8 Å². The number of benzene rings is 5.